The molecule has 2 N–H and O–H groups in total. The van der Waals surface area contributed by atoms with Gasteiger partial charge in [0.2, 0.25) is 0 Å². The minimum atomic E-state index is -1.14. The molecule has 5 nitrogen and oxygen atoms in total. The van der Waals surface area contributed by atoms with Gasteiger partial charge in [0.15, 0.2) is 0 Å². The summed E-state index contributed by atoms with van der Waals surface area (Å²) in [7, 11) is 0. The first-order chi connectivity index (χ1) is 13.6. The normalized spacial score (nSPS) is 20.4. The highest BCUT2D eigenvalue weighted by atomic mass is 35.5. The molecule has 1 aliphatic rings. The highest BCUT2D eigenvalue weighted by Crippen LogP contribution is 2.51. The molecule has 1 heterocycles. The maximum Gasteiger partial charge on any atom is 0.306 e. The first-order valence-corrected chi connectivity index (χ1v) is 10.1. The zero-order valence-electron chi connectivity index (χ0n) is 16.4. The summed E-state index contributed by atoms with van der Waals surface area (Å²) in [5.41, 5.74) is 1.79. The Morgan fingerprint density at radius 2 is 1.90 bits per heavy atom. The van der Waals surface area contributed by atoms with E-state index in [0.717, 1.165) is 5.56 Å². The molecule has 0 aromatic heterocycles. The Morgan fingerprint density at radius 3 is 2.52 bits per heavy atom. The van der Waals surface area contributed by atoms with Crippen LogP contribution in [-0.4, -0.2) is 23.1 Å². The van der Waals surface area contributed by atoms with Crippen LogP contribution < -0.4 is 5.32 Å². The van der Waals surface area contributed by atoms with Crippen molar-refractivity contribution < 1.29 is 19.4 Å². The molecule has 0 spiro atoms. The van der Waals surface area contributed by atoms with Gasteiger partial charge in [-0.2, -0.15) is 0 Å². The monoisotopic (exact) mass is 435 g/mol. The standard InChI is InChI=1S/C22H23Cl2NO4/c1-22(2,3)19(13-6-4-5-7-15(13)24)20-14-10-12(23)8-9-16(14)25-21(28)17(29-20)11-18(26)27/h4-10,17,19-20H,11H2,1-3H3,(H,25,28)(H,26,27)/t17-,19?,20-/m0/s1. The lowest BCUT2D eigenvalue weighted by molar-refractivity contribution is -0.148. The first-order valence-electron chi connectivity index (χ1n) is 9.30. The number of hydrogen-bond donors (Lipinski definition) is 2. The molecule has 29 heavy (non-hydrogen) atoms. The average molecular weight is 436 g/mol. The summed E-state index contributed by atoms with van der Waals surface area (Å²) in [6.45, 7) is 6.17. The van der Waals surface area contributed by atoms with E-state index in [1.165, 1.54) is 0 Å². The Bertz CT molecular complexity index is 939. The zero-order valence-corrected chi connectivity index (χ0v) is 17.9. The zero-order chi connectivity index (χ0) is 21.3. The number of benzene rings is 2. The smallest absolute Gasteiger partial charge is 0.306 e. The molecule has 7 heteroatoms. The second-order valence-electron chi connectivity index (χ2n) is 8.23. The second-order valence-corrected chi connectivity index (χ2v) is 9.07. The van der Waals surface area contributed by atoms with Crippen molar-refractivity contribution in [2.24, 2.45) is 5.41 Å². The maximum atomic E-state index is 12.7. The summed E-state index contributed by atoms with van der Waals surface area (Å²) in [6.07, 6.45) is -2.22. The van der Waals surface area contributed by atoms with Crippen molar-refractivity contribution in [3.8, 4) is 0 Å². The molecule has 2 aromatic carbocycles. The highest BCUT2D eigenvalue weighted by Gasteiger charge is 2.42. The van der Waals surface area contributed by atoms with E-state index < -0.39 is 30.5 Å². The van der Waals surface area contributed by atoms with E-state index in [1.807, 2.05) is 24.3 Å². The molecule has 0 saturated heterocycles. The molecule has 1 unspecified atom stereocenters. The largest absolute Gasteiger partial charge is 0.481 e. The van der Waals surface area contributed by atoms with Crippen molar-refractivity contribution in [2.75, 3.05) is 5.32 Å². The van der Waals surface area contributed by atoms with Gasteiger partial charge in [-0.3, -0.25) is 9.59 Å². The fourth-order valence-corrected chi connectivity index (χ4v) is 4.21. The third kappa shape index (κ3) is 4.74. The van der Waals surface area contributed by atoms with Gasteiger partial charge in [-0.25, -0.2) is 0 Å². The summed E-state index contributed by atoms with van der Waals surface area (Å²) in [5.74, 6) is -1.87. The molecule has 0 saturated carbocycles. The third-order valence-electron chi connectivity index (χ3n) is 5.02. The van der Waals surface area contributed by atoms with E-state index in [9.17, 15) is 14.7 Å². The molecular formula is C22H23Cl2NO4. The SMILES string of the molecule is CC(C)(C)C(c1ccccc1Cl)[C@H]1O[C@@H](CC(=O)O)C(=O)Nc2ccc(Cl)cc21. The van der Waals surface area contributed by atoms with E-state index in [1.54, 1.807) is 18.2 Å². The number of carboxylic acid groups (broad SMARTS) is 1. The third-order valence-corrected chi connectivity index (χ3v) is 5.60. The van der Waals surface area contributed by atoms with E-state index in [0.29, 0.717) is 21.3 Å². The molecule has 1 aliphatic heterocycles. The van der Waals surface area contributed by atoms with Crippen LogP contribution >= 0.6 is 23.2 Å². The summed E-state index contributed by atoms with van der Waals surface area (Å²) in [6, 6.07) is 12.6. The Hall–Kier alpha value is -2.08. The number of carboxylic acids is 1. The lowest BCUT2D eigenvalue weighted by Crippen LogP contribution is -2.34. The van der Waals surface area contributed by atoms with Crippen molar-refractivity contribution in [1.29, 1.82) is 0 Å². The minimum Gasteiger partial charge on any atom is -0.481 e. The van der Waals surface area contributed by atoms with Crippen LogP contribution in [0.5, 0.6) is 0 Å². The first kappa shape index (κ1) is 21.6. The summed E-state index contributed by atoms with van der Waals surface area (Å²) >= 11 is 12.8. The quantitative estimate of drug-likeness (QED) is 0.647. The number of rotatable bonds is 4. The molecule has 0 radical (unpaired) electrons. The van der Waals surface area contributed by atoms with Gasteiger partial charge in [0.05, 0.1) is 12.5 Å². The minimum absolute atomic E-state index is 0.266. The Morgan fingerprint density at radius 1 is 1.21 bits per heavy atom. The molecule has 2 aromatic rings. The van der Waals surface area contributed by atoms with Gasteiger partial charge >= 0.3 is 5.97 Å². The van der Waals surface area contributed by atoms with Crippen molar-refractivity contribution in [1.82, 2.24) is 0 Å². The van der Waals surface area contributed by atoms with Gasteiger partial charge in [-0.05, 0) is 35.2 Å². The number of nitrogens with one attached hydrogen (secondary N) is 1. The molecule has 3 rings (SSSR count). The van der Waals surface area contributed by atoms with Crippen LogP contribution in [0.4, 0.5) is 5.69 Å². The van der Waals surface area contributed by atoms with Crippen LogP contribution in [0.15, 0.2) is 42.5 Å². The van der Waals surface area contributed by atoms with Crippen molar-refractivity contribution in [3.05, 3.63) is 63.6 Å². The van der Waals surface area contributed by atoms with Crippen LogP contribution in [0.2, 0.25) is 10.0 Å². The predicted octanol–water partition coefficient (Wildman–Crippen LogP) is 5.68. The Balaban J connectivity index is 2.20. The second kappa shape index (κ2) is 8.34. The number of carbonyl (C=O) groups is 2. The van der Waals surface area contributed by atoms with Crippen molar-refractivity contribution in [2.45, 2.75) is 45.3 Å². The lowest BCUT2D eigenvalue weighted by Gasteiger charge is -2.38. The van der Waals surface area contributed by atoms with E-state index in [4.69, 9.17) is 27.9 Å². The van der Waals surface area contributed by atoms with E-state index in [2.05, 4.69) is 26.1 Å². The van der Waals surface area contributed by atoms with Gasteiger partial charge in [-0.1, -0.05) is 62.2 Å². The van der Waals surface area contributed by atoms with Crippen molar-refractivity contribution >= 4 is 40.8 Å². The predicted molar refractivity (Wildman–Crippen MR) is 114 cm³/mol. The molecular weight excluding hydrogens is 413 g/mol. The summed E-state index contributed by atoms with van der Waals surface area (Å²) < 4.78 is 6.20. The van der Waals surface area contributed by atoms with Gasteiger partial charge in [-0.15, -0.1) is 0 Å². The molecule has 0 bridgehead atoms. The number of anilines is 1. The highest BCUT2D eigenvalue weighted by molar-refractivity contribution is 6.31. The molecule has 0 aliphatic carbocycles. The van der Waals surface area contributed by atoms with Gasteiger partial charge in [0.1, 0.15) is 6.10 Å². The topological polar surface area (TPSA) is 75.6 Å². The van der Waals surface area contributed by atoms with E-state index in [-0.39, 0.29) is 11.3 Å². The molecule has 3 atom stereocenters. The maximum absolute atomic E-state index is 12.7. The number of hydrogen-bond acceptors (Lipinski definition) is 3. The number of carbonyl (C=O) groups excluding carboxylic acids is 1. The molecule has 0 fully saturated rings. The van der Waals surface area contributed by atoms with Crippen LogP contribution in [0.1, 0.15) is 50.3 Å². The fourth-order valence-electron chi connectivity index (χ4n) is 3.78. The Kier molecular flexibility index (Phi) is 6.22. The van der Waals surface area contributed by atoms with E-state index >= 15 is 0 Å². The van der Waals surface area contributed by atoms with Gasteiger partial charge < -0.3 is 15.2 Å². The van der Waals surface area contributed by atoms with Gasteiger partial charge in [0.25, 0.3) is 5.91 Å². The summed E-state index contributed by atoms with van der Waals surface area (Å²) in [4.78, 5) is 24.0. The number of halogens is 2. The number of aliphatic carboxylic acids is 1. The van der Waals surface area contributed by atoms with Crippen LogP contribution in [-0.2, 0) is 14.3 Å². The summed E-state index contributed by atoms with van der Waals surface area (Å²) in [5, 5.41) is 13.1. The van der Waals surface area contributed by atoms with Crippen molar-refractivity contribution in [3.63, 3.8) is 0 Å². The van der Waals surface area contributed by atoms with Gasteiger partial charge in [0, 0.05) is 27.2 Å². The van der Waals surface area contributed by atoms with Crippen LogP contribution in [0.25, 0.3) is 0 Å². The lowest BCUT2D eigenvalue weighted by atomic mass is 9.71. The van der Waals surface area contributed by atoms with Crippen LogP contribution in [0, 0.1) is 5.41 Å². The molecule has 154 valence electrons. The van der Waals surface area contributed by atoms with Crippen LogP contribution in [0.3, 0.4) is 0 Å². The molecule has 1 amide bonds. The fraction of sp³-hybridized carbons (Fsp3) is 0.364. The number of ether oxygens (including phenoxy) is 1. The number of fused-ring (bicyclic) bond motifs is 1. The number of amides is 1. The Labute approximate surface area is 180 Å². The average Bonchev–Trinajstić information content (AvgIpc) is 2.73.